The summed E-state index contributed by atoms with van der Waals surface area (Å²) in [5, 5.41) is 1.14. The standard InChI is InChI=1S/C15H8ClFN4O/c16-13-8(10-3-1-7(17)6-18-10)2-4-11-9(13)5-12-14(19-11)21-15(22)20-12/h1-6H,(H2,19,20,21,22). The van der Waals surface area contributed by atoms with Crippen LogP contribution in [0.25, 0.3) is 33.3 Å². The van der Waals surface area contributed by atoms with Crippen LogP contribution < -0.4 is 5.69 Å². The summed E-state index contributed by atoms with van der Waals surface area (Å²) in [6.45, 7) is 0. The van der Waals surface area contributed by atoms with E-state index < -0.39 is 5.82 Å². The van der Waals surface area contributed by atoms with Crippen molar-refractivity contribution in [1.29, 1.82) is 0 Å². The predicted molar refractivity (Wildman–Crippen MR) is 82.4 cm³/mol. The van der Waals surface area contributed by atoms with Gasteiger partial charge in [-0.15, -0.1) is 0 Å². The first kappa shape index (κ1) is 13.0. The molecule has 0 aliphatic heterocycles. The average molecular weight is 315 g/mol. The molecule has 0 aliphatic carbocycles. The molecule has 2 N–H and O–H groups in total. The van der Waals surface area contributed by atoms with Gasteiger partial charge in [0.2, 0.25) is 0 Å². The highest BCUT2D eigenvalue weighted by atomic mass is 35.5. The van der Waals surface area contributed by atoms with E-state index in [1.54, 1.807) is 24.3 Å². The SMILES string of the molecule is O=c1[nH]c2cc3c(Cl)c(-c4ccc(F)cn4)ccc3nc2[nH]1. The quantitative estimate of drug-likeness (QED) is 0.566. The molecule has 3 aromatic heterocycles. The third-order valence-corrected chi connectivity index (χ3v) is 3.82. The van der Waals surface area contributed by atoms with Gasteiger partial charge in [-0.05, 0) is 30.3 Å². The van der Waals surface area contributed by atoms with Crippen molar-refractivity contribution in [2.45, 2.75) is 0 Å². The van der Waals surface area contributed by atoms with Gasteiger partial charge >= 0.3 is 5.69 Å². The van der Waals surface area contributed by atoms with Crippen LogP contribution >= 0.6 is 11.6 Å². The summed E-state index contributed by atoms with van der Waals surface area (Å²) in [4.78, 5) is 25.0. The second-order valence-corrected chi connectivity index (χ2v) is 5.20. The van der Waals surface area contributed by atoms with Crippen LogP contribution in [0.5, 0.6) is 0 Å². The van der Waals surface area contributed by atoms with Crippen LogP contribution in [0.15, 0.2) is 41.3 Å². The Morgan fingerprint density at radius 3 is 2.77 bits per heavy atom. The van der Waals surface area contributed by atoms with Gasteiger partial charge in [0, 0.05) is 10.9 Å². The highest BCUT2D eigenvalue weighted by Crippen LogP contribution is 2.33. The molecule has 7 heteroatoms. The first-order valence-electron chi connectivity index (χ1n) is 6.45. The predicted octanol–water partition coefficient (Wildman–Crippen LogP) is 3.26. The van der Waals surface area contributed by atoms with Crippen molar-refractivity contribution >= 4 is 33.7 Å². The maximum atomic E-state index is 13.0. The maximum absolute atomic E-state index is 13.0. The third-order valence-electron chi connectivity index (χ3n) is 3.42. The van der Waals surface area contributed by atoms with E-state index >= 15 is 0 Å². The minimum absolute atomic E-state index is 0.325. The number of H-pyrrole nitrogens is 2. The lowest BCUT2D eigenvalue weighted by Gasteiger charge is -2.07. The van der Waals surface area contributed by atoms with Crippen LogP contribution in [0.2, 0.25) is 5.02 Å². The molecule has 0 spiro atoms. The second-order valence-electron chi connectivity index (χ2n) is 4.82. The van der Waals surface area contributed by atoms with Gasteiger partial charge in [-0.1, -0.05) is 11.6 Å². The summed E-state index contributed by atoms with van der Waals surface area (Å²) >= 11 is 6.45. The summed E-state index contributed by atoms with van der Waals surface area (Å²) in [7, 11) is 0. The highest BCUT2D eigenvalue weighted by molar-refractivity contribution is 6.38. The average Bonchev–Trinajstić information content (AvgIpc) is 2.86. The normalized spacial score (nSPS) is 11.4. The molecule has 5 nitrogen and oxygen atoms in total. The van der Waals surface area contributed by atoms with Gasteiger partial charge in [-0.25, -0.2) is 14.2 Å². The van der Waals surface area contributed by atoms with E-state index in [-0.39, 0.29) is 5.69 Å². The summed E-state index contributed by atoms with van der Waals surface area (Å²) in [6, 6.07) is 8.20. The number of aromatic amines is 2. The van der Waals surface area contributed by atoms with Crippen molar-refractivity contribution in [3.8, 4) is 11.3 Å². The molecular weight excluding hydrogens is 307 g/mol. The lowest BCUT2D eigenvalue weighted by molar-refractivity contribution is 0.622. The van der Waals surface area contributed by atoms with Crippen molar-refractivity contribution in [2.75, 3.05) is 0 Å². The van der Waals surface area contributed by atoms with Crippen LogP contribution in [0.4, 0.5) is 4.39 Å². The molecule has 0 aliphatic rings. The smallest absolute Gasteiger partial charge is 0.304 e. The van der Waals surface area contributed by atoms with E-state index in [9.17, 15) is 9.18 Å². The largest absolute Gasteiger partial charge is 0.325 e. The number of nitrogens with zero attached hydrogens (tertiary/aromatic N) is 2. The fraction of sp³-hybridized carbons (Fsp3) is 0. The molecule has 0 amide bonds. The van der Waals surface area contributed by atoms with Crippen molar-refractivity contribution in [2.24, 2.45) is 0 Å². The number of fused-ring (bicyclic) bond motifs is 2. The Labute approximate surface area is 127 Å². The number of rotatable bonds is 1. The zero-order chi connectivity index (χ0) is 15.3. The van der Waals surface area contributed by atoms with E-state index in [1.807, 2.05) is 0 Å². The Balaban J connectivity index is 2.01. The molecule has 0 saturated heterocycles. The number of aromatic nitrogens is 4. The number of imidazole rings is 1. The van der Waals surface area contributed by atoms with Gasteiger partial charge < -0.3 is 4.98 Å². The molecule has 0 fully saturated rings. The van der Waals surface area contributed by atoms with Crippen LogP contribution in [0.3, 0.4) is 0 Å². The molecule has 3 heterocycles. The molecule has 0 atom stereocenters. The molecular formula is C15H8ClFN4O. The summed E-state index contributed by atoms with van der Waals surface area (Å²) in [6.07, 6.45) is 1.14. The van der Waals surface area contributed by atoms with Crippen LogP contribution in [-0.4, -0.2) is 19.9 Å². The van der Waals surface area contributed by atoms with E-state index in [4.69, 9.17) is 11.6 Å². The van der Waals surface area contributed by atoms with Crippen molar-refractivity contribution < 1.29 is 4.39 Å². The molecule has 22 heavy (non-hydrogen) atoms. The molecule has 4 aromatic rings. The van der Waals surface area contributed by atoms with Gasteiger partial charge in [0.1, 0.15) is 5.82 Å². The molecule has 0 radical (unpaired) electrons. The van der Waals surface area contributed by atoms with Gasteiger partial charge in [-0.3, -0.25) is 9.97 Å². The van der Waals surface area contributed by atoms with Crippen molar-refractivity contribution in [1.82, 2.24) is 19.9 Å². The minimum atomic E-state index is -0.408. The van der Waals surface area contributed by atoms with Crippen LogP contribution in [-0.2, 0) is 0 Å². The zero-order valence-electron chi connectivity index (χ0n) is 11.0. The molecule has 0 saturated carbocycles. The topological polar surface area (TPSA) is 74.4 Å². The first-order valence-corrected chi connectivity index (χ1v) is 6.83. The highest BCUT2D eigenvalue weighted by Gasteiger charge is 2.12. The number of halogens is 2. The number of pyridine rings is 2. The van der Waals surface area contributed by atoms with Crippen LogP contribution in [0.1, 0.15) is 0 Å². The van der Waals surface area contributed by atoms with E-state index in [0.717, 1.165) is 6.20 Å². The third kappa shape index (κ3) is 1.96. The maximum Gasteiger partial charge on any atom is 0.325 e. The van der Waals surface area contributed by atoms with E-state index in [2.05, 4.69) is 19.9 Å². The van der Waals surface area contributed by atoms with Crippen molar-refractivity contribution in [3.63, 3.8) is 0 Å². The number of hydrogen-bond acceptors (Lipinski definition) is 3. The summed E-state index contributed by atoms with van der Waals surface area (Å²) < 4.78 is 13.0. The number of nitrogens with one attached hydrogen (secondary N) is 2. The van der Waals surface area contributed by atoms with Gasteiger partial charge in [0.05, 0.1) is 27.9 Å². The van der Waals surface area contributed by atoms with E-state index in [0.29, 0.717) is 38.3 Å². The van der Waals surface area contributed by atoms with Gasteiger partial charge in [0.25, 0.3) is 0 Å². The lowest BCUT2D eigenvalue weighted by Crippen LogP contribution is -1.99. The van der Waals surface area contributed by atoms with Crippen molar-refractivity contribution in [3.05, 3.63) is 57.9 Å². The Morgan fingerprint density at radius 1 is 1.14 bits per heavy atom. The second kappa shape index (κ2) is 4.64. The monoisotopic (exact) mass is 314 g/mol. The molecule has 0 bridgehead atoms. The minimum Gasteiger partial charge on any atom is -0.304 e. The van der Waals surface area contributed by atoms with Gasteiger partial charge in [0.15, 0.2) is 5.65 Å². The summed E-state index contributed by atoms with van der Waals surface area (Å²) in [5.41, 5.74) is 2.61. The molecule has 1 aromatic carbocycles. The number of benzene rings is 1. The Morgan fingerprint density at radius 2 is 2.00 bits per heavy atom. The van der Waals surface area contributed by atoms with Gasteiger partial charge in [-0.2, -0.15) is 0 Å². The Bertz CT molecular complexity index is 1070. The fourth-order valence-corrected chi connectivity index (χ4v) is 2.71. The molecule has 108 valence electrons. The Kier molecular flexibility index (Phi) is 2.74. The number of hydrogen-bond donors (Lipinski definition) is 2. The Hall–Kier alpha value is -2.73. The molecule has 4 rings (SSSR count). The first-order chi connectivity index (χ1) is 10.6. The van der Waals surface area contributed by atoms with E-state index in [1.165, 1.54) is 6.07 Å². The molecule has 0 unspecified atom stereocenters. The lowest BCUT2D eigenvalue weighted by atomic mass is 10.1. The fourth-order valence-electron chi connectivity index (χ4n) is 2.40. The summed E-state index contributed by atoms with van der Waals surface area (Å²) in [5.74, 6) is -0.408. The zero-order valence-corrected chi connectivity index (χ0v) is 11.8. The van der Waals surface area contributed by atoms with Crippen LogP contribution in [0, 0.1) is 5.82 Å².